The summed E-state index contributed by atoms with van der Waals surface area (Å²) in [6.07, 6.45) is 0.172. The van der Waals surface area contributed by atoms with Crippen LogP contribution in [0.25, 0.3) is 0 Å². The molecule has 1 unspecified atom stereocenters. The van der Waals surface area contributed by atoms with E-state index in [1.165, 1.54) is 5.56 Å². The van der Waals surface area contributed by atoms with E-state index in [0.29, 0.717) is 0 Å². The Morgan fingerprint density at radius 2 is 1.58 bits per heavy atom. The van der Waals surface area contributed by atoms with E-state index in [1.807, 2.05) is 44.2 Å². The summed E-state index contributed by atoms with van der Waals surface area (Å²) in [5.74, 6) is 0.871. The molecule has 0 saturated heterocycles. The smallest absolute Gasteiger partial charge is 0.120 e. The van der Waals surface area contributed by atoms with E-state index in [9.17, 15) is 0 Å². The van der Waals surface area contributed by atoms with Crippen LogP contribution in [0, 0.1) is 6.92 Å². The van der Waals surface area contributed by atoms with Gasteiger partial charge in [-0.05, 0) is 44.0 Å². The summed E-state index contributed by atoms with van der Waals surface area (Å²) < 4.78 is 5.71. The van der Waals surface area contributed by atoms with Gasteiger partial charge in [-0.2, -0.15) is 0 Å². The van der Waals surface area contributed by atoms with E-state index in [2.05, 4.69) is 25.1 Å². The quantitative estimate of drug-likeness (QED) is 0.901. The number of aryl methyl sites for hydroxylation is 1. The molecule has 2 rings (SSSR count). The fourth-order valence-electron chi connectivity index (χ4n) is 2.11. The standard InChI is InChI=1S/C17H21NO/c1-12(2)19-16-9-5-8-15(11-16)17(18)14-7-4-6-13(3)10-14/h4-12,17H,18H2,1-3H3. The zero-order valence-corrected chi connectivity index (χ0v) is 11.8. The molecule has 2 N–H and O–H groups in total. The minimum absolute atomic E-state index is 0.115. The van der Waals surface area contributed by atoms with Crippen molar-refractivity contribution in [3.8, 4) is 5.75 Å². The third-order valence-corrected chi connectivity index (χ3v) is 2.99. The Morgan fingerprint density at radius 1 is 0.947 bits per heavy atom. The maximum Gasteiger partial charge on any atom is 0.120 e. The predicted molar refractivity (Wildman–Crippen MR) is 79.4 cm³/mol. The SMILES string of the molecule is Cc1cccc(C(N)c2cccc(OC(C)C)c2)c1. The van der Waals surface area contributed by atoms with Gasteiger partial charge in [-0.1, -0.05) is 42.0 Å². The van der Waals surface area contributed by atoms with Gasteiger partial charge < -0.3 is 10.5 Å². The van der Waals surface area contributed by atoms with Crippen LogP contribution in [0.3, 0.4) is 0 Å². The zero-order chi connectivity index (χ0) is 13.8. The second kappa shape index (κ2) is 5.89. The van der Waals surface area contributed by atoms with Gasteiger partial charge in [0.2, 0.25) is 0 Å². The number of hydrogen-bond acceptors (Lipinski definition) is 2. The summed E-state index contributed by atoms with van der Waals surface area (Å²) in [5, 5.41) is 0. The van der Waals surface area contributed by atoms with Crippen LogP contribution in [0.15, 0.2) is 48.5 Å². The average molecular weight is 255 g/mol. The van der Waals surface area contributed by atoms with E-state index in [4.69, 9.17) is 10.5 Å². The van der Waals surface area contributed by atoms with Gasteiger partial charge in [0, 0.05) is 0 Å². The highest BCUT2D eigenvalue weighted by atomic mass is 16.5. The van der Waals surface area contributed by atoms with Gasteiger partial charge in [-0.15, -0.1) is 0 Å². The molecule has 2 aromatic rings. The van der Waals surface area contributed by atoms with Crippen LogP contribution >= 0.6 is 0 Å². The van der Waals surface area contributed by atoms with Gasteiger partial charge in [0.05, 0.1) is 12.1 Å². The van der Waals surface area contributed by atoms with Gasteiger partial charge in [-0.3, -0.25) is 0 Å². The Labute approximate surface area is 115 Å². The lowest BCUT2D eigenvalue weighted by atomic mass is 9.98. The fourth-order valence-corrected chi connectivity index (χ4v) is 2.11. The minimum Gasteiger partial charge on any atom is -0.491 e. The molecule has 0 aliphatic heterocycles. The van der Waals surface area contributed by atoms with Crippen molar-refractivity contribution < 1.29 is 4.74 Å². The van der Waals surface area contributed by atoms with Gasteiger partial charge in [0.15, 0.2) is 0 Å². The summed E-state index contributed by atoms with van der Waals surface area (Å²) in [4.78, 5) is 0. The normalized spacial score (nSPS) is 12.5. The first-order chi connectivity index (χ1) is 9.06. The van der Waals surface area contributed by atoms with Crippen LogP contribution in [0.2, 0.25) is 0 Å². The summed E-state index contributed by atoms with van der Waals surface area (Å²) in [6.45, 7) is 6.12. The van der Waals surface area contributed by atoms with Gasteiger partial charge in [-0.25, -0.2) is 0 Å². The molecule has 2 aromatic carbocycles. The fraction of sp³-hybridized carbons (Fsp3) is 0.294. The molecule has 0 saturated carbocycles. The molecule has 0 aliphatic rings. The second-order valence-corrected chi connectivity index (χ2v) is 5.13. The third kappa shape index (κ3) is 3.58. The molecule has 0 amide bonds. The molecule has 19 heavy (non-hydrogen) atoms. The summed E-state index contributed by atoms with van der Waals surface area (Å²) in [7, 11) is 0. The highest BCUT2D eigenvalue weighted by Crippen LogP contribution is 2.24. The average Bonchev–Trinajstić information content (AvgIpc) is 2.37. The zero-order valence-electron chi connectivity index (χ0n) is 11.8. The molecular formula is C17H21NO. The molecule has 100 valence electrons. The van der Waals surface area contributed by atoms with Crippen LogP contribution < -0.4 is 10.5 Å². The number of hydrogen-bond donors (Lipinski definition) is 1. The van der Waals surface area contributed by atoms with Crippen molar-refractivity contribution in [1.82, 2.24) is 0 Å². The largest absolute Gasteiger partial charge is 0.491 e. The molecule has 0 aromatic heterocycles. The first-order valence-electron chi connectivity index (χ1n) is 6.65. The molecular weight excluding hydrogens is 234 g/mol. The van der Waals surface area contributed by atoms with Gasteiger partial charge >= 0.3 is 0 Å². The summed E-state index contributed by atoms with van der Waals surface area (Å²) >= 11 is 0. The lowest BCUT2D eigenvalue weighted by molar-refractivity contribution is 0.242. The third-order valence-electron chi connectivity index (χ3n) is 2.99. The van der Waals surface area contributed by atoms with Crippen molar-refractivity contribution in [3.05, 3.63) is 65.2 Å². The molecule has 0 radical (unpaired) electrons. The lowest BCUT2D eigenvalue weighted by Crippen LogP contribution is -2.12. The second-order valence-electron chi connectivity index (χ2n) is 5.13. The molecule has 0 bridgehead atoms. The molecule has 2 heteroatoms. The molecule has 2 nitrogen and oxygen atoms in total. The van der Waals surface area contributed by atoms with E-state index < -0.39 is 0 Å². The molecule has 0 heterocycles. The monoisotopic (exact) mass is 255 g/mol. The Balaban J connectivity index is 2.26. The first-order valence-corrected chi connectivity index (χ1v) is 6.65. The van der Waals surface area contributed by atoms with Crippen molar-refractivity contribution in [2.75, 3.05) is 0 Å². The molecule has 1 atom stereocenters. The number of rotatable bonds is 4. The van der Waals surface area contributed by atoms with Gasteiger partial charge in [0.25, 0.3) is 0 Å². The van der Waals surface area contributed by atoms with E-state index >= 15 is 0 Å². The van der Waals surface area contributed by atoms with Gasteiger partial charge in [0.1, 0.15) is 5.75 Å². The molecule has 0 fully saturated rings. The van der Waals surface area contributed by atoms with Crippen LogP contribution in [0.5, 0.6) is 5.75 Å². The Kier molecular flexibility index (Phi) is 4.23. The lowest BCUT2D eigenvalue weighted by Gasteiger charge is -2.16. The molecule has 0 spiro atoms. The first kappa shape index (κ1) is 13.6. The van der Waals surface area contributed by atoms with Crippen LogP contribution in [0.1, 0.15) is 36.6 Å². The van der Waals surface area contributed by atoms with Crippen LogP contribution in [-0.4, -0.2) is 6.10 Å². The Bertz CT molecular complexity index is 548. The van der Waals surface area contributed by atoms with E-state index in [1.54, 1.807) is 0 Å². The highest BCUT2D eigenvalue weighted by molar-refractivity contribution is 5.37. The maximum absolute atomic E-state index is 6.33. The van der Waals surface area contributed by atoms with Crippen molar-refractivity contribution in [3.63, 3.8) is 0 Å². The maximum atomic E-state index is 6.33. The molecule has 0 aliphatic carbocycles. The number of nitrogens with two attached hydrogens (primary N) is 1. The minimum atomic E-state index is -0.115. The van der Waals surface area contributed by atoms with E-state index in [-0.39, 0.29) is 12.1 Å². The predicted octanol–water partition coefficient (Wildman–Crippen LogP) is 3.83. The Hall–Kier alpha value is -1.80. The van der Waals surface area contributed by atoms with Crippen LogP contribution in [0.4, 0.5) is 0 Å². The number of ether oxygens (including phenoxy) is 1. The van der Waals surface area contributed by atoms with Crippen molar-refractivity contribution >= 4 is 0 Å². The van der Waals surface area contributed by atoms with Crippen LogP contribution in [-0.2, 0) is 0 Å². The van der Waals surface area contributed by atoms with Crippen molar-refractivity contribution in [2.45, 2.75) is 32.9 Å². The summed E-state index contributed by atoms with van der Waals surface area (Å²) in [6, 6.07) is 16.2. The number of benzene rings is 2. The topological polar surface area (TPSA) is 35.2 Å². The van der Waals surface area contributed by atoms with E-state index in [0.717, 1.165) is 16.9 Å². The Morgan fingerprint density at radius 3 is 2.21 bits per heavy atom. The highest BCUT2D eigenvalue weighted by Gasteiger charge is 2.10. The van der Waals surface area contributed by atoms with Crippen molar-refractivity contribution in [2.24, 2.45) is 5.73 Å². The summed E-state index contributed by atoms with van der Waals surface area (Å²) in [5.41, 5.74) is 9.75. The van der Waals surface area contributed by atoms with Crippen molar-refractivity contribution in [1.29, 1.82) is 0 Å².